The van der Waals surface area contributed by atoms with Gasteiger partial charge in [-0.3, -0.25) is 0 Å². The van der Waals surface area contributed by atoms with E-state index in [1.165, 1.54) is 0 Å². The average molecular weight is 82.1 g/mol. The predicted molar refractivity (Wildman–Crippen MR) is 16.4 cm³/mol. The fourth-order valence-corrected chi connectivity index (χ4v) is 0. The molecule has 0 aromatic heterocycles. The minimum atomic E-state index is 0. The first-order valence-electron chi connectivity index (χ1n) is 0.724. The van der Waals surface area contributed by atoms with Crippen molar-refractivity contribution >= 4 is 49.0 Å². The summed E-state index contributed by atoms with van der Waals surface area (Å²) < 4.78 is 1.94. The molecule has 4 heavy (non-hydrogen) atoms. The molecule has 0 rings (SSSR count). The maximum absolute atomic E-state index is 7.40. The Kier molecular flexibility index (Phi) is 19.9. The summed E-state index contributed by atoms with van der Waals surface area (Å²) in [6.07, 6.45) is 0. The third-order valence-corrected chi connectivity index (χ3v) is 0. The van der Waals surface area contributed by atoms with Gasteiger partial charge >= 0.3 is 54.4 Å². The van der Waals surface area contributed by atoms with Crippen molar-refractivity contribution in [1.82, 2.24) is 6.15 Å². The van der Waals surface area contributed by atoms with Crippen molar-refractivity contribution in [3.8, 4) is 0.164 Å². The van der Waals surface area contributed by atoms with Crippen LogP contribution in [0, 0.1) is 5.43 Å². The molecule has 0 fully saturated rings. The predicted octanol–water partition coefficient (Wildman–Crippen LogP) is -0.202. The van der Waals surface area contributed by atoms with Crippen molar-refractivity contribution in [2.45, 2.75) is 0 Å². The van der Waals surface area contributed by atoms with Gasteiger partial charge in [0, 0.05) is 0 Å². The molecule has 0 aliphatic rings. The normalized spacial score (nSPS) is 2.25. The van der Waals surface area contributed by atoms with Crippen molar-refractivity contribution in [3.63, 3.8) is 0 Å². The van der Waals surface area contributed by atoms with Gasteiger partial charge in [-0.15, -0.1) is 0 Å². The summed E-state index contributed by atoms with van der Waals surface area (Å²) >= 11 is 0.410. The SMILES string of the molecule is N.N#[C][K]. The van der Waals surface area contributed by atoms with Gasteiger partial charge in [-0.2, -0.15) is 0 Å². The molecule has 3 N–H and O–H groups in total. The second kappa shape index (κ2) is 8.94. The number of nitriles is 1. The van der Waals surface area contributed by atoms with Crippen molar-refractivity contribution in [2.75, 3.05) is 0 Å². The molecule has 0 spiro atoms. The van der Waals surface area contributed by atoms with Crippen LogP contribution in [0.3, 0.4) is 0 Å². The van der Waals surface area contributed by atoms with Crippen LogP contribution >= 0.6 is 0 Å². The van der Waals surface area contributed by atoms with E-state index in [0.717, 1.165) is 0 Å². The molecule has 3 heteroatoms. The zero-order chi connectivity index (χ0) is 2.71. The van der Waals surface area contributed by atoms with Crippen LogP contribution in [0.5, 0.6) is 0 Å². The number of rotatable bonds is 0. The van der Waals surface area contributed by atoms with Gasteiger partial charge in [0.15, 0.2) is 0 Å². The van der Waals surface area contributed by atoms with Crippen LogP contribution in [0.15, 0.2) is 0 Å². The Morgan fingerprint density at radius 1 is 1.75 bits per heavy atom. The summed E-state index contributed by atoms with van der Waals surface area (Å²) in [5, 5.41) is 7.40. The molecular formula is CH3KN2. The molecule has 0 bridgehead atoms. The molecule has 0 unspecified atom stereocenters. The fraction of sp³-hybridized carbons (Fsp3) is 0. The minimum absolute atomic E-state index is 0. The average Bonchev–Trinajstić information content (AvgIpc) is 0.918. The molecule has 2 nitrogen and oxygen atoms in total. The molecule has 0 saturated carbocycles. The van der Waals surface area contributed by atoms with Crippen LogP contribution in [0.25, 0.3) is 0 Å². The van der Waals surface area contributed by atoms with Crippen LogP contribution in [-0.4, -0.2) is 49.0 Å². The third-order valence-electron chi connectivity index (χ3n) is 0. The van der Waals surface area contributed by atoms with Crippen LogP contribution in [0.2, 0.25) is 0 Å². The van der Waals surface area contributed by atoms with Gasteiger partial charge in [-0.25, -0.2) is 0 Å². The molecule has 0 saturated heterocycles. The Balaban J connectivity index is 0. The molecule has 0 aromatic rings. The molecule has 18 valence electrons. The summed E-state index contributed by atoms with van der Waals surface area (Å²) in [6, 6.07) is 0. The molecule has 0 atom stereocenters. The molecular weight excluding hydrogens is 79.1 g/mol. The van der Waals surface area contributed by atoms with Gasteiger partial charge in [0.1, 0.15) is 0 Å². The van der Waals surface area contributed by atoms with Crippen LogP contribution in [0.1, 0.15) is 0 Å². The van der Waals surface area contributed by atoms with Crippen molar-refractivity contribution < 1.29 is 0 Å². The molecule has 0 aromatic carbocycles. The van der Waals surface area contributed by atoms with E-state index in [1.54, 1.807) is 0 Å². The van der Waals surface area contributed by atoms with Crippen LogP contribution in [0.4, 0.5) is 0 Å². The van der Waals surface area contributed by atoms with E-state index >= 15 is 0 Å². The molecule has 0 heterocycles. The third kappa shape index (κ3) is 11.4. The summed E-state index contributed by atoms with van der Waals surface area (Å²) in [5.41, 5.74) is 0. The first-order chi connectivity index (χ1) is 1.41. The zero-order valence-electron chi connectivity index (χ0n) is 2.65. The zero-order valence-corrected chi connectivity index (χ0v) is 5.78. The van der Waals surface area contributed by atoms with Gasteiger partial charge in [0.2, 0.25) is 0 Å². The molecule has 0 radical (unpaired) electrons. The monoisotopic (exact) mass is 82.0 g/mol. The topological polar surface area (TPSA) is 58.8 Å². The van der Waals surface area contributed by atoms with E-state index in [9.17, 15) is 0 Å². The second-order valence-corrected chi connectivity index (χ2v) is 0.922. The van der Waals surface area contributed by atoms with E-state index in [2.05, 4.69) is 0 Å². The standard InChI is InChI=1S/CN.K.H3N/c1-2;;/h;;1H3. The van der Waals surface area contributed by atoms with E-state index in [1.807, 2.05) is 0.164 Å². The first kappa shape index (κ1) is 8.92. The quantitative estimate of drug-likeness (QED) is 0.411. The van der Waals surface area contributed by atoms with Crippen molar-refractivity contribution in [1.29, 1.82) is 5.26 Å². The first-order valence-corrected chi connectivity index (χ1v) is 2.29. The Morgan fingerprint density at radius 2 is 1.75 bits per heavy atom. The maximum atomic E-state index is 7.40. The van der Waals surface area contributed by atoms with E-state index in [0.29, 0.717) is 49.0 Å². The van der Waals surface area contributed by atoms with Gasteiger partial charge in [-0.05, 0) is 0 Å². The van der Waals surface area contributed by atoms with Crippen molar-refractivity contribution in [2.24, 2.45) is 0 Å². The van der Waals surface area contributed by atoms with Gasteiger partial charge < -0.3 is 6.15 Å². The van der Waals surface area contributed by atoms with E-state index in [-0.39, 0.29) is 6.15 Å². The van der Waals surface area contributed by atoms with Gasteiger partial charge in [0.25, 0.3) is 0 Å². The Hall–Kier alpha value is 1.09. The number of nitrogens with zero attached hydrogens (tertiary/aromatic N) is 1. The summed E-state index contributed by atoms with van der Waals surface area (Å²) in [4.78, 5) is 0. The summed E-state index contributed by atoms with van der Waals surface area (Å²) in [5.74, 6) is 0. The number of hydrogen-bond donors (Lipinski definition) is 1. The van der Waals surface area contributed by atoms with Crippen LogP contribution in [-0.2, 0) is 0 Å². The molecule has 0 aliphatic heterocycles. The van der Waals surface area contributed by atoms with Gasteiger partial charge in [-0.1, -0.05) is 0 Å². The van der Waals surface area contributed by atoms with Gasteiger partial charge in [0.05, 0.1) is 0 Å². The van der Waals surface area contributed by atoms with Crippen molar-refractivity contribution in [3.05, 3.63) is 0 Å². The Labute approximate surface area is 59.4 Å². The molecule has 0 aliphatic carbocycles. The molecule has 0 amide bonds. The Bertz CT molecular complexity index is 27.5. The Morgan fingerprint density at radius 3 is 1.75 bits per heavy atom. The number of hydrogen-bond acceptors (Lipinski definition) is 2. The van der Waals surface area contributed by atoms with E-state index in [4.69, 9.17) is 5.26 Å². The fourth-order valence-electron chi connectivity index (χ4n) is 0. The second-order valence-electron chi connectivity index (χ2n) is 0.224. The van der Waals surface area contributed by atoms with E-state index < -0.39 is 0 Å². The summed E-state index contributed by atoms with van der Waals surface area (Å²) in [7, 11) is 0. The van der Waals surface area contributed by atoms with Crippen LogP contribution < -0.4 is 6.15 Å². The summed E-state index contributed by atoms with van der Waals surface area (Å²) in [6.45, 7) is 0.